The van der Waals surface area contributed by atoms with Crippen molar-refractivity contribution in [2.75, 3.05) is 6.61 Å². The van der Waals surface area contributed by atoms with E-state index in [1.54, 1.807) is 0 Å². The number of hydrogen-bond acceptors (Lipinski definition) is 2. The first-order valence-electron chi connectivity index (χ1n) is 6.36. The van der Waals surface area contributed by atoms with Gasteiger partial charge < -0.3 is 9.84 Å². The van der Waals surface area contributed by atoms with Crippen LogP contribution in [0.1, 0.15) is 52.2 Å². The molecule has 0 radical (unpaired) electrons. The van der Waals surface area contributed by atoms with Crippen LogP contribution < -0.4 is 4.74 Å². The highest BCUT2D eigenvalue weighted by molar-refractivity contribution is 5.29. The average Bonchev–Trinajstić information content (AvgIpc) is 2.28. The molecule has 0 fully saturated rings. The van der Waals surface area contributed by atoms with E-state index in [0.29, 0.717) is 0 Å². The normalized spacial score (nSPS) is 13.5. The summed E-state index contributed by atoms with van der Waals surface area (Å²) >= 11 is 0. The Morgan fingerprint density at radius 1 is 1.18 bits per heavy atom. The molecule has 1 aromatic carbocycles. The van der Waals surface area contributed by atoms with Crippen LogP contribution in [0.15, 0.2) is 24.3 Å². The molecule has 2 nitrogen and oxygen atoms in total. The minimum absolute atomic E-state index is 0.134. The maximum absolute atomic E-state index is 10.1. The zero-order valence-corrected chi connectivity index (χ0v) is 11.4. The molecular formula is C15H24O2. The third kappa shape index (κ3) is 4.39. The minimum atomic E-state index is -0.438. The summed E-state index contributed by atoms with van der Waals surface area (Å²) < 4.78 is 5.59. The molecule has 17 heavy (non-hydrogen) atoms. The number of aliphatic hydroxyl groups is 1. The van der Waals surface area contributed by atoms with Crippen LogP contribution in [0.25, 0.3) is 0 Å². The van der Waals surface area contributed by atoms with Gasteiger partial charge in [0.2, 0.25) is 0 Å². The number of rotatable bonds is 5. The molecule has 0 aliphatic heterocycles. The highest BCUT2D eigenvalue weighted by atomic mass is 16.5. The third-order valence-corrected chi connectivity index (χ3v) is 2.78. The number of hydrogen-bond donors (Lipinski definition) is 1. The van der Waals surface area contributed by atoms with E-state index in [2.05, 4.69) is 6.92 Å². The number of benzene rings is 1. The number of unbranched alkanes of at least 4 members (excludes halogenated alkanes) is 1. The van der Waals surface area contributed by atoms with Crippen LogP contribution in [-0.2, 0) is 0 Å². The van der Waals surface area contributed by atoms with Crippen LogP contribution in [0, 0.1) is 5.41 Å². The fraction of sp³-hybridized carbons (Fsp3) is 0.600. The molecule has 1 unspecified atom stereocenters. The Morgan fingerprint density at radius 2 is 1.76 bits per heavy atom. The molecule has 0 saturated heterocycles. The van der Waals surface area contributed by atoms with Crippen LogP contribution in [0.2, 0.25) is 0 Å². The molecule has 0 amide bonds. The van der Waals surface area contributed by atoms with Gasteiger partial charge in [-0.05, 0) is 29.5 Å². The van der Waals surface area contributed by atoms with E-state index in [4.69, 9.17) is 4.74 Å². The Labute approximate surface area is 105 Å². The van der Waals surface area contributed by atoms with E-state index in [-0.39, 0.29) is 5.41 Å². The van der Waals surface area contributed by atoms with Crippen molar-refractivity contribution in [3.8, 4) is 5.75 Å². The van der Waals surface area contributed by atoms with E-state index in [0.717, 1.165) is 30.8 Å². The molecule has 2 heteroatoms. The van der Waals surface area contributed by atoms with Crippen LogP contribution in [0.4, 0.5) is 0 Å². The summed E-state index contributed by atoms with van der Waals surface area (Å²) in [7, 11) is 0. The molecule has 1 N–H and O–H groups in total. The summed E-state index contributed by atoms with van der Waals surface area (Å²) in [4.78, 5) is 0. The van der Waals surface area contributed by atoms with Crippen molar-refractivity contribution >= 4 is 0 Å². The summed E-state index contributed by atoms with van der Waals surface area (Å²) in [6.07, 6.45) is 1.78. The molecule has 0 aromatic heterocycles. The van der Waals surface area contributed by atoms with Crippen LogP contribution >= 0.6 is 0 Å². The molecule has 1 rings (SSSR count). The fourth-order valence-corrected chi connectivity index (χ4v) is 1.58. The van der Waals surface area contributed by atoms with Gasteiger partial charge in [0.1, 0.15) is 5.75 Å². The quantitative estimate of drug-likeness (QED) is 0.784. The lowest BCUT2D eigenvalue weighted by Gasteiger charge is -2.26. The van der Waals surface area contributed by atoms with Gasteiger partial charge in [0.15, 0.2) is 0 Å². The first kappa shape index (κ1) is 14.0. The largest absolute Gasteiger partial charge is 0.494 e. The molecule has 96 valence electrons. The summed E-state index contributed by atoms with van der Waals surface area (Å²) in [5.41, 5.74) is 0.810. The third-order valence-electron chi connectivity index (χ3n) is 2.78. The monoisotopic (exact) mass is 236 g/mol. The Morgan fingerprint density at radius 3 is 2.24 bits per heavy atom. The van der Waals surface area contributed by atoms with Crippen molar-refractivity contribution < 1.29 is 9.84 Å². The van der Waals surface area contributed by atoms with Crippen molar-refractivity contribution in [2.45, 2.75) is 46.6 Å². The molecular weight excluding hydrogens is 212 g/mol. The van der Waals surface area contributed by atoms with Crippen molar-refractivity contribution in [3.05, 3.63) is 29.8 Å². The number of ether oxygens (including phenoxy) is 1. The minimum Gasteiger partial charge on any atom is -0.494 e. The van der Waals surface area contributed by atoms with Crippen LogP contribution in [0.3, 0.4) is 0 Å². The van der Waals surface area contributed by atoms with E-state index >= 15 is 0 Å². The highest BCUT2D eigenvalue weighted by Crippen LogP contribution is 2.33. The van der Waals surface area contributed by atoms with E-state index in [1.165, 1.54) is 0 Å². The summed E-state index contributed by atoms with van der Waals surface area (Å²) in [6, 6.07) is 7.74. The van der Waals surface area contributed by atoms with Crippen LogP contribution in [0.5, 0.6) is 5.75 Å². The van der Waals surface area contributed by atoms with Crippen molar-refractivity contribution in [1.29, 1.82) is 0 Å². The Bertz CT molecular complexity index is 322. The van der Waals surface area contributed by atoms with Crippen LogP contribution in [-0.4, -0.2) is 11.7 Å². The van der Waals surface area contributed by atoms with Crippen molar-refractivity contribution in [2.24, 2.45) is 5.41 Å². The lowest BCUT2D eigenvalue weighted by atomic mass is 9.85. The Kier molecular flexibility index (Phi) is 5.01. The zero-order valence-electron chi connectivity index (χ0n) is 11.4. The molecule has 1 atom stereocenters. The fourth-order valence-electron chi connectivity index (χ4n) is 1.58. The second kappa shape index (κ2) is 6.06. The second-order valence-electron chi connectivity index (χ2n) is 5.54. The molecule has 0 bridgehead atoms. The van der Waals surface area contributed by atoms with Crippen molar-refractivity contribution in [1.82, 2.24) is 0 Å². The molecule has 0 saturated carbocycles. The van der Waals surface area contributed by atoms with E-state index < -0.39 is 6.10 Å². The first-order valence-corrected chi connectivity index (χ1v) is 6.36. The standard InChI is InChI=1S/C15H24O2/c1-5-6-11-17-13-9-7-12(8-10-13)14(16)15(2,3)4/h7-10,14,16H,5-6,11H2,1-4H3. The van der Waals surface area contributed by atoms with Gasteiger partial charge in [-0.2, -0.15) is 0 Å². The Balaban J connectivity index is 2.61. The lowest BCUT2D eigenvalue weighted by Crippen LogP contribution is -2.17. The predicted octanol–water partition coefficient (Wildman–Crippen LogP) is 3.95. The molecule has 0 aliphatic carbocycles. The van der Waals surface area contributed by atoms with Gasteiger partial charge >= 0.3 is 0 Å². The predicted molar refractivity (Wildman–Crippen MR) is 71.3 cm³/mol. The van der Waals surface area contributed by atoms with Gasteiger partial charge in [0, 0.05) is 0 Å². The van der Waals surface area contributed by atoms with Gasteiger partial charge in [-0.3, -0.25) is 0 Å². The first-order chi connectivity index (χ1) is 7.95. The molecule has 0 aliphatic rings. The number of aliphatic hydroxyl groups excluding tert-OH is 1. The van der Waals surface area contributed by atoms with E-state index in [1.807, 2.05) is 45.0 Å². The molecule has 1 aromatic rings. The summed E-state index contributed by atoms with van der Waals surface area (Å²) in [5.74, 6) is 0.878. The second-order valence-corrected chi connectivity index (χ2v) is 5.54. The van der Waals surface area contributed by atoms with Gasteiger partial charge in [0.05, 0.1) is 12.7 Å². The summed E-state index contributed by atoms with van der Waals surface area (Å²) in [5, 5.41) is 10.1. The Hall–Kier alpha value is -1.02. The molecule has 0 spiro atoms. The van der Waals surface area contributed by atoms with Gasteiger partial charge in [-0.1, -0.05) is 46.2 Å². The van der Waals surface area contributed by atoms with Crippen molar-refractivity contribution in [3.63, 3.8) is 0 Å². The summed E-state index contributed by atoms with van der Waals surface area (Å²) in [6.45, 7) is 9.00. The lowest BCUT2D eigenvalue weighted by molar-refractivity contribution is 0.0626. The topological polar surface area (TPSA) is 29.5 Å². The maximum atomic E-state index is 10.1. The van der Waals surface area contributed by atoms with Gasteiger partial charge in [-0.15, -0.1) is 0 Å². The van der Waals surface area contributed by atoms with Gasteiger partial charge in [-0.25, -0.2) is 0 Å². The smallest absolute Gasteiger partial charge is 0.119 e. The van der Waals surface area contributed by atoms with Gasteiger partial charge in [0.25, 0.3) is 0 Å². The maximum Gasteiger partial charge on any atom is 0.119 e. The zero-order chi connectivity index (χ0) is 12.9. The highest BCUT2D eigenvalue weighted by Gasteiger charge is 2.23. The average molecular weight is 236 g/mol. The van der Waals surface area contributed by atoms with E-state index in [9.17, 15) is 5.11 Å². The SMILES string of the molecule is CCCCOc1ccc(C(O)C(C)(C)C)cc1. The molecule has 0 heterocycles.